The molecule has 1 rings (SSSR count). The molecule has 0 heterocycles. The Kier molecular flexibility index (Phi) is 10.4. The monoisotopic (exact) mass is 304 g/mol. The minimum Gasteiger partial charge on any atom is -0.494 e. The maximum Gasteiger partial charge on any atom is 0.159 e. The largest absolute Gasteiger partial charge is 0.494 e. The van der Waals surface area contributed by atoms with Crippen LogP contribution in [0.1, 0.15) is 88.4 Å². The Morgan fingerprint density at radius 2 is 1.50 bits per heavy atom. The third-order valence-electron chi connectivity index (χ3n) is 4.01. The summed E-state index contributed by atoms with van der Waals surface area (Å²) in [7, 11) is 0. The number of rotatable bonds is 13. The Bertz CT molecular complexity index is 412. The van der Waals surface area contributed by atoms with Crippen LogP contribution in [0.5, 0.6) is 5.75 Å². The molecule has 124 valence electrons. The van der Waals surface area contributed by atoms with Crippen molar-refractivity contribution in [1.29, 1.82) is 0 Å². The summed E-state index contributed by atoms with van der Waals surface area (Å²) in [5.74, 6) is 0.896. The third-order valence-corrected chi connectivity index (χ3v) is 4.01. The molecule has 0 radical (unpaired) electrons. The molecule has 1 aromatic rings. The van der Waals surface area contributed by atoms with Gasteiger partial charge in [0.15, 0.2) is 5.78 Å². The average molecular weight is 304 g/mol. The van der Waals surface area contributed by atoms with Crippen molar-refractivity contribution >= 4 is 5.78 Å². The molecule has 0 saturated carbocycles. The average Bonchev–Trinajstić information content (AvgIpc) is 2.53. The number of ether oxygens (including phenoxy) is 1. The van der Waals surface area contributed by atoms with E-state index in [9.17, 15) is 4.79 Å². The summed E-state index contributed by atoms with van der Waals surface area (Å²) in [6.07, 6.45) is 13.3. The number of hydrogen-bond donors (Lipinski definition) is 0. The van der Waals surface area contributed by atoms with Gasteiger partial charge in [0.05, 0.1) is 6.61 Å². The summed E-state index contributed by atoms with van der Waals surface area (Å²) < 4.78 is 5.72. The molecule has 0 saturated heterocycles. The number of benzene rings is 1. The van der Waals surface area contributed by atoms with Crippen molar-refractivity contribution < 1.29 is 9.53 Å². The van der Waals surface area contributed by atoms with Gasteiger partial charge in [0.1, 0.15) is 5.75 Å². The van der Waals surface area contributed by atoms with Crippen LogP contribution in [0.2, 0.25) is 0 Å². The summed E-state index contributed by atoms with van der Waals surface area (Å²) >= 11 is 0. The number of unbranched alkanes of at least 4 members (excludes halogenated alkanes) is 9. The van der Waals surface area contributed by atoms with Crippen molar-refractivity contribution in [3.05, 3.63) is 29.8 Å². The molecule has 0 unspecified atom stereocenters. The molecule has 2 nitrogen and oxygen atoms in total. The normalized spacial score (nSPS) is 10.6. The predicted octanol–water partition coefficient (Wildman–Crippen LogP) is 6.19. The molecule has 0 spiro atoms. The summed E-state index contributed by atoms with van der Waals surface area (Å²) in [6, 6.07) is 7.46. The predicted molar refractivity (Wildman–Crippen MR) is 93.8 cm³/mol. The second-order valence-electron chi connectivity index (χ2n) is 6.11. The van der Waals surface area contributed by atoms with E-state index in [1.54, 1.807) is 6.92 Å². The SMILES string of the molecule is CCCCCCCCCCCCOc1cccc(C(C)=O)c1. The van der Waals surface area contributed by atoms with Crippen LogP contribution in [0.4, 0.5) is 0 Å². The number of Topliss-reactive ketones (excluding diaryl/α,β-unsaturated/α-hetero) is 1. The highest BCUT2D eigenvalue weighted by molar-refractivity contribution is 5.94. The van der Waals surface area contributed by atoms with Gasteiger partial charge in [0.25, 0.3) is 0 Å². The Labute approximate surface area is 136 Å². The second-order valence-corrected chi connectivity index (χ2v) is 6.11. The van der Waals surface area contributed by atoms with E-state index in [4.69, 9.17) is 4.74 Å². The van der Waals surface area contributed by atoms with Crippen LogP contribution in [-0.4, -0.2) is 12.4 Å². The lowest BCUT2D eigenvalue weighted by Gasteiger charge is -2.07. The van der Waals surface area contributed by atoms with Crippen molar-refractivity contribution in [3.63, 3.8) is 0 Å². The van der Waals surface area contributed by atoms with Gasteiger partial charge in [-0.1, -0.05) is 76.8 Å². The van der Waals surface area contributed by atoms with Gasteiger partial charge in [0, 0.05) is 5.56 Å². The fourth-order valence-electron chi connectivity index (χ4n) is 2.58. The van der Waals surface area contributed by atoms with Crippen molar-refractivity contribution in [2.24, 2.45) is 0 Å². The number of ketones is 1. The maximum absolute atomic E-state index is 11.3. The molecule has 0 bridgehead atoms. The minimum absolute atomic E-state index is 0.0874. The van der Waals surface area contributed by atoms with Crippen molar-refractivity contribution in [2.45, 2.75) is 78.1 Å². The maximum atomic E-state index is 11.3. The molecule has 1 aromatic carbocycles. The number of hydrogen-bond acceptors (Lipinski definition) is 2. The zero-order valence-corrected chi connectivity index (χ0v) is 14.4. The third kappa shape index (κ3) is 8.86. The van der Waals surface area contributed by atoms with Gasteiger partial charge < -0.3 is 4.74 Å². The molecule has 0 N–H and O–H groups in total. The van der Waals surface area contributed by atoms with E-state index in [0.717, 1.165) is 24.3 Å². The summed E-state index contributed by atoms with van der Waals surface area (Å²) in [5.41, 5.74) is 0.723. The van der Waals surface area contributed by atoms with Crippen LogP contribution in [0.15, 0.2) is 24.3 Å². The zero-order chi connectivity index (χ0) is 16.0. The fraction of sp³-hybridized carbons (Fsp3) is 0.650. The van der Waals surface area contributed by atoms with Gasteiger partial charge in [-0.3, -0.25) is 4.79 Å². The van der Waals surface area contributed by atoms with Crippen molar-refractivity contribution in [1.82, 2.24) is 0 Å². The summed E-state index contributed by atoms with van der Waals surface area (Å²) in [6.45, 7) is 4.59. The van der Waals surface area contributed by atoms with Crippen LogP contribution in [0.25, 0.3) is 0 Å². The number of carbonyl (C=O) groups excluding carboxylic acids is 1. The fourth-order valence-corrected chi connectivity index (χ4v) is 2.58. The molecule has 0 aromatic heterocycles. The molecule has 0 aliphatic rings. The van der Waals surface area contributed by atoms with Gasteiger partial charge in [-0.2, -0.15) is 0 Å². The van der Waals surface area contributed by atoms with E-state index >= 15 is 0 Å². The van der Waals surface area contributed by atoms with Gasteiger partial charge in [0.2, 0.25) is 0 Å². The highest BCUT2D eigenvalue weighted by atomic mass is 16.5. The molecule has 0 atom stereocenters. The molecule has 0 aliphatic carbocycles. The van der Waals surface area contributed by atoms with Gasteiger partial charge >= 0.3 is 0 Å². The van der Waals surface area contributed by atoms with Crippen molar-refractivity contribution in [3.8, 4) is 5.75 Å². The van der Waals surface area contributed by atoms with Gasteiger partial charge in [-0.05, 0) is 25.5 Å². The minimum atomic E-state index is 0.0874. The van der Waals surface area contributed by atoms with Gasteiger partial charge in [-0.15, -0.1) is 0 Å². The van der Waals surface area contributed by atoms with Crippen LogP contribution in [-0.2, 0) is 0 Å². The first-order chi connectivity index (χ1) is 10.7. The first-order valence-corrected chi connectivity index (χ1v) is 8.98. The van der Waals surface area contributed by atoms with E-state index < -0.39 is 0 Å². The summed E-state index contributed by atoms with van der Waals surface area (Å²) in [4.78, 5) is 11.3. The van der Waals surface area contributed by atoms with Crippen LogP contribution in [0.3, 0.4) is 0 Å². The lowest BCUT2D eigenvalue weighted by molar-refractivity contribution is 0.101. The molecule has 0 aliphatic heterocycles. The molecule has 0 fully saturated rings. The number of carbonyl (C=O) groups is 1. The van der Waals surface area contributed by atoms with E-state index in [1.807, 2.05) is 24.3 Å². The Balaban J connectivity index is 1.97. The zero-order valence-electron chi connectivity index (χ0n) is 14.4. The lowest BCUT2D eigenvalue weighted by Crippen LogP contribution is -1.99. The van der Waals surface area contributed by atoms with E-state index in [0.29, 0.717) is 0 Å². The smallest absolute Gasteiger partial charge is 0.159 e. The summed E-state index contributed by atoms with van der Waals surface area (Å²) in [5, 5.41) is 0. The van der Waals surface area contributed by atoms with Crippen LogP contribution in [0, 0.1) is 0 Å². The first kappa shape index (κ1) is 18.7. The molecular formula is C20H32O2. The Morgan fingerprint density at radius 3 is 2.09 bits per heavy atom. The van der Waals surface area contributed by atoms with Gasteiger partial charge in [-0.25, -0.2) is 0 Å². The lowest BCUT2D eigenvalue weighted by atomic mass is 10.1. The molecule has 22 heavy (non-hydrogen) atoms. The Hall–Kier alpha value is -1.31. The van der Waals surface area contributed by atoms with E-state index in [-0.39, 0.29) is 5.78 Å². The quantitative estimate of drug-likeness (QED) is 0.321. The standard InChI is InChI=1S/C20H32O2/c1-3-4-5-6-7-8-9-10-11-12-16-22-20-15-13-14-19(17-20)18(2)21/h13-15,17H,3-12,16H2,1-2H3. The van der Waals surface area contributed by atoms with Crippen LogP contribution < -0.4 is 4.74 Å². The highest BCUT2D eigenvalue weighted by Gasteiger charge is 2.01. The van der Waals surface area contributed by atoms with Crippen LogP contribution >= 0.6 is 0 Å². The molecular weight excluding hydrogens is 272 g/mol. The first-order valence-electron chi connectivity index (χ1n) is 8.98. The molecule has 0 amide bonds. The van der Waals surface area contributed by atoms with E-state index in [1.165, 1.54) is 57.8 Å². The highest BCUT2D eigenvalue weighted by Crippen LogP contribution is 2.15. The Morgan fingerprint density at radius 1 is 0.909 bits per heavy atom. The van der Waals surface area contributed by atoms with E-state index in [2.05, 4.69) is 6.92 Å². The topological polar surface area (TPSA) is 26.3 Å². The van der Waals surface area contributed by atoms with Crippen molar-refractivity contribution in [2.75, 3.05) is 6.61 Å². The molecule has 2 heteroatoms. The second kappa shape index (κ2) is 12.3.